The fourth-order valence-corrected chi connectivity index (χ4v) is 6.83. The first-order valence-electron chi connectivity index (χ1n) is 14.7. The van der Waals surface area contributed by atoms with Crippen LogP contribution in [0.4, 0.5) is 11.4 Å². The van der Waals surface area contributed by atoms with Crippen LogP contribution >= 0.6 is 0 Å². The van der Waals surface area contributed by atoms with Gasteiger partial charge in [-0.2, -0.15) is 0 Å². The number of furan rings is 1. The Balaban J connectivity index is 1.20. The Bertz CT molecular complexity index is 1990. The molecule has 5 aromatic rings. The highest BCUT2D eigenvalue weighted by atomic mass is 16.3. The van der Waals surface area contributed by atoms with Crippen molar-refractivity contribution in [1.29, 1.82) is 5.41 Å². The largest absolute Gasteiger partial charge is 0.455 e. The van der Waals surface area contributed by atoms with E-state index in [2.05, 4.69) is 84.2 Å². The molecule has 3 aliphatic rings. The summed E-state index contributed by atoms with van der Waals surface area (Å²) in [6.45, 7) is 0. The minimum atomic E-state index is 0.285. The molecule has 1 aromatic heterocycles. The van der Waals surface area contributed by atoms with Crippen LogP contribution in [-0.4, -0.2) is 5.71 Å². The molecule has 0 aliphatic heterocycles. The molecule has 3 heteroatoms. The number of hydrogen-bond acceptors (Lipinski definition) is 3. The summed E-state index contributed by atoms with van der Waals surface area (Å²) in [4.78, 5) is 0. The molecule has 2 N–H and O–H groups in total. The van der Waals surface area contributed by atoms with Gasteiger partial charge in [-0.1, -0.05) is 115 Å². The summed E-state index contributed by atoms with van der Waals surface area (Å²) in [5, 5.41) is 13.7. The molecule has 0 saturated heterocycles. The lowest BCUT2D eigenvalue weighted by atomic mass is 9.69. The van der Waals surface area contributed by atoms with Gasteiger partial charge in [0.25, 0.3) is 0 Å². The van der Waals surface area contributed by atoms with Crippen molar-refractivity contribution >= 4 is 33.6 Å². The summed E-state index contributed by atoms with van der Waals surface area (Å²) in [6.07, 6.45) is 15.8. The van der Waals surface area contributed by atoms with Crippen LogP contribution < -0.4 is 5.32 Å². The number of anilines is 2. The maximum Gasteiger partial charge on any atom is 0.142 e. The average molecular weight is 543 g/mol. The number of allylic oxidation sites excluding steroid dienone is 8. The topological polar surface area (TPSA) is 49.0 Å². The molecule has 1 heterocycles. The minimum absolute atomic E-state index is 0.285. The highest BCUT2D eigenvalue weighted by Crippen LogP contribution is 2.52. The Morgan fingerprint density at radius 1 is 0.810 bits per heavy atom. The monoisotopic (exact) mass is 542 g/mol. The van der Waals surface area contributed by atoms with Crippen molar-refractivity contribution in [3.63, 3.8) is 0 Å². The number of fused-ring (bicyclic) bond motifs is 7. The molecule has 42 heavy (non-hydrogen) atoms. The zero-order valence-corrected chi connectivity index (χ0v) is 23.2. The van der Waals surface area contributed by atoms with E-state index in [4.69, 9.17) is 9.83 Å². The smallest absolute Gasteiger partial charge is 0.142 e. The van der Waals surface area contributed by atoms with Crippen molar-refractivity contribution in [3.05, 3.63) is 162 Å². The molecule has 2 atom stereocenters. The van der Waals surface area contributed by atoms with E-state index >= 15 is 0 Å². The molecule has 0 amide bonds. The Kier molecular flexibility index (Phi) is 5.89. The van der Waals surface area contributed by atoms with E-state index in [1.54, 1.807) is 0 Å². The Hall–Kier alpha value is -5.15. The normalized spacial score (nSPS) is 18.5. The molecule has 0 radical (unpaired) electrons. The van der Waals surface area contributed by atoms with Crippen molar-refractivity contribution in [3.8, 4) is 11.1 Å². The Labute approximate surface area is 245 Å². The summed E-state index contributed by atoms with van der Waals surface area (Å²) in [5.74, 6) is 1.72. The van der Waals surface area contributed by atoms with Crippen LogP contribution in [0.1, 0.15) is 41.2 Å². The van der Waals surface area contributed by atoms with E-state index in [1.807, 2.05) is 54.6 Å². The number of rotatable bonds is 5. The summed E-state index contributed by atoms with van der Waals surface area (Å²) < 4.78 is 6.85. The fraction of sp³-hybridized carbons (Fsp3) is 0.103. The van der Waals surface area contributed by atoms with Crippen LogP contribution in [0.15, 0.2) is 144 Å². The maximum atomic E-state index is 8.87. The zero-order valence-electron chi connectivity index (χ0n) is 23.2. The average Bonchev–Trinajstić information content (AvgIpc) is 3.46. The third kappa shape index (κ3) is 4.01. The lowest BCUT2D eigenvalue weighted by Gasteiger charge is -2.33. The van der Waals surface area contributed by atoms with Crippen molar-refractivity contribution in [2.75, 3.05) is 5.32 Å². The second-order valence-electron chi connectivity index (χ2n) is 11.2. The molecule has 8 rings (SSSR count). The molecule has 3 nitrogen and oxygen atoms in total. The second-order valence-corrected chi connectivity index (χ2v) is 11.2. The zero-order chi connectivity index (χ0) is 28.0. The molecule has 2 unspecified atom stereocenters. The molecule has 3 aliphatic carbocycles. The van der Waals surface area contributed by atoms with E-state index in [9.17, 15) is 0 Å². The van der Waals surface area contributed by atoms with E-state index in [0.29, 0.717) is 11.6 Å². The molecule has 0 spiro atoms. The summed E-state index contributed by atoms with van der Waals surface area (Å²) in [6, 6.07) is 33.0. The van der Waals surface area contributed by atoms with Crippen LogP contribution in [0, 0.1) is 11.3 Å². The number of para-hydroxylation sites is 2. The predicted octanol–water partition coefficient (Wildman–Crippen LogP) is 10.2. The Morgan fingerprint density at radius 3 is 2.52 bits per heavy atom. The molecule has 0 bridgehead atoms. The molecule has 4 aromatic carbocycles. The van der Waals surface area contributed by atoms with Gasteiger partial charge in [-0.3, -0.25) is 5.41 Å². The van der Waals surface area contributed by atoms with E-state index < -0.39 is 0 Å². The lowest BCUT2D eigenvalue weighted by molar-refractivity contribution is 0.559. The highest BCUT2D eigenvalue weighted by Gasteiger charge is 2.37. The predicted molar refractivity (Wildman–Crippen MR) is 174 cm³/mol. The second kappa shape index (κ2) is 10.0. The number of hydrogen-bond donors (Lipinski definition) is 2. The molecular formula is C39H30N2O. The van der Waals surface area contributed by atoms with Crippen LogP contribution in [0.3, 0.4) is 0 Å². The van der Waals surface area contributed by atoms with Gasteiger partial charge in [0.1, 0.15) is 11.3 Å². The van der Waals surface area contributed by atoms with Gasteiger partial charge in [-0.05, 0) is 47.8 Å². The van der Waals surface area contributed by atoms with Crippen LogP contribution in [0.5, 0.6) is 0 Å². The van der Waals surface area contributed by atoms with Gasteiger partial charge in [0.15, 0.2) is 0 Å². The van der Waals surface area contributed by atoms with Crippen molar-refractivity contribution in [2.24, 2.45) is 5.92 Å². The summed E-state index contributed by atoms with van der Waals surface area (Å²) >= 11 is 0. The van der Waals surface area contributed by atoms with Gasteiger partial charge in [-0.25, -0.2) is 0 Å². The lowest BCUT2D eigenvalue weighted by Crippen LogP contribution is -2.20. The molecule has 0 saturated carbocycles. The first-order chi connectivity index (χ1) is 20.8. The van der Waals surface area contributed by atoms with Gasteiger partial charge in [0, 0.05) is 50.9 Å². The first-order valence-corrected chi connectivity index (χ1v) is 14.7. The third-order valence-corrected chi connectivity index (χ3v) is 8.77. The van der Waals surface area contributed by atoms with Crippen LogP contribution in [0.25, 0.3) is 27.7 Å². The van der Waals surface area contributed by atoms with Crippen LogP contribution in [0.2, 0.25) is 0 Å². The maximum absolute atomic E-state index is 8.87. The van der Waals surface area contributed by atoms with Gasteiger partial charge in [-0.15, -0.1) is 0 Å². The van der Waals surface area contributed by atoms with E-state index in [1.165, 1.54) is 22.1 Å². The minimum Gasteiger partial charge on any atom is -0.455 e. The van der Waals surface area contributed by atoms with Crippen LogP contribution in [-0.2, 0) is 0 Å². The first kappa shape index (κ1) is 24.6. The van der Waals surface area contributed by atoms with Gasteiger partial charge < -0.3 is 9.73 Å². The summed E-state index contributed by atoms with van der Waals surface area (Å²) in [5.41, 5.74) is 11.4. The van der Waals surface area contributed by atoms with Gasteiger partial charge >= 0.3 is 0 Å². The van der Waals surface area contributed by atoms with Gasteiger partial charge in [0.2, 0.25) is 0 Å². The number of nitrogens with one attached hydrogen (secondary N) is 2. The molecular weight excluding hydrogens is 512 g/mol. The fourth-order valence-electron chi connectivity index (χ4n) is 6.83. The van der Waals surface area contributed by atoms with Crippen molar-refractivity contribution in [1.82, 2.24) is 0 Å². The number of benzene rings is 4. The molecule has 0 fully saturated rings. The standard InChI is InChI=1S/C39H30N2O/c40-37(25-12-2-1-3-13-25)33-20-8-9-23-35(33)41-27-15-10-14-26(24-27)28-21-11-22-34-36-31-18-6-4-16-29(31)30-17-5-7-19-32(30)39(36)42-38(28)34/h1-6,8-18,20-24,29,31,40-41H,7,19H2. The van der Waals surface area contributed by atoms with Crippen molar-refractivity contribution in [2.45, 2.75) is 18.8 Å². The van der Waals surface area contributed by atoms with Crippen molar-refractivity contribution < 1.29 is 4.42 Å². The van der Waals surface area contributed by atoms with E-state index in [-0.39, 0.29) is 5.92 Å². The Morgan fingerprint density at radius 2 is 1.62 bits per heavy atom. The highest BCUT2D eigenvalue weighted by molar-refractivity contribution is 6.14. The quantitative estimate of drug-likeness (QED) is 0.217. The molecule has 202 valence electrons. The van der Waals surface area contributed by atoms with Gasteiger partial charge in [0.05, 0.1) is 5.71 Å². The summed E-state index contributed by atoms with van der Waals surface area (Å²) in [7, 11) is 0. The van der Waals surface area contributed by atoms with E-state index in [0.717, 1.165) is 57.8 Å². The SMILES string of the molecule is N=C(c1ccccc1)c1ccccc1Nc1cccc(-c2cccc3c4c(oc23)C2=C(C=CCC2)C2C=CC=CC42)c1. The third-order valence-electron chi connectivity index (χ3n) is 8.77.